The zero-order valence-electron chi connectivity index (χ0n) is 9.62. The van der Waals surface area contributed by atoms with E-state index in [1.54, 1.807) is 0 Å². The van der Waals surface area contributed by atoms with Gasteiger partial charge >= 0.3 is 0 Å². The van der Waals surface area contributed by atoms with Gasteiger partial charge < -0.3 is 11.1 Å². The molecule has 2 rings (SSSR count). The van der Waals surface area contributed by atoms with Gasteiger partial charge in [0.15, 0.2) is 0 Å². The molecule has 0 bridgehead atoms. The lowest BCUT2D eigenvalue weighted by atomic mass is 10.1. The van der Waals surface area contributed by atoms with Gasteiger partial charge in [-0.25, -0.2) is 0 Å². The van der Waals surface area contributed by atoms with Crippen LogP contribution in [0.5, 0.6) is 0 Å². The minimum atomic E-state index is 0.817. The van der Waals surface area contributed by atoms with Crippen molar-refractivity contribution in [1.29, 1.82) is 0 Å². The minimum absolute atomic E-state index is 0.817. The Morgan fingerprint density at radius 2 is 1.69 bits per heavy atom. The number of nitrogen functional groups attached to an aromatic ring is 1. The van der Waals surface area contributed by atoms with Gasteiger partial charge in [0.1, 0.15) is 0 Å². The molecule has 2 aromatic carbocycles. The number of benzene rings is 2. The lowest BCUT2D eigenvalue weighted by Crippen LogP contribution is -1.94. The number of anilines is 3. The van der Waals surface area contributed by atoms with Crippen LogP contribution in [-0.4, -0.2) is 0 Å². The van der Waals surface area contributed by atoms with E-state index in [0.717, 1.165) is 22.6 Å². The summed E-state index contributed by atoms with van der Waals surface area (Å²) in [7, 11) is 0. The van der Waals surface area contributed by atoms with Gasteiger partial charge in [0.25, 0.3) is 0 Å². The summed E-state index contributed by atoms with van der Waals surface area (Å²) >= 11 is 0. The van der Waals surface area contributed by atoms with Gasteiger partial charge in [-0.3, -0.25) is 0 Å². The topological polar surface area (TPSA) is 38.0 Å². The Balaban J connectivity index is 2.24. The molecule has 16 heavy (non-hydrogen) atoms. The fourth-order valence-corrected chi connectivity index (χ4v) is 1.61. The highest BCUT2D eigenvalue weighted by Crippen LogP contribution is 2.21. The second-order valence-electron chi connectivity index (χ2n) is 4.07. The Labute approximate surface area is 96.1 Å². The highest BCUT2D eigenvalue weighted by Gasteiger charge is 1.97. The van der Waals surface area contributed by atoms with Gasteiger partial charge in [-0.15, -0.1) is 0 Å². The molecule has 0 aliphatic carbocycles. The Bertz CT molecular complexity index is 504. The summed E-state index contributed by atoms with van der Waals surface area (Å²) in [5, 5.41) is 3.33. The van der Waals surface area contributed by atoms with Crippen molar-refractivity contribution in [3.63, 3.8) is 0 Å². The van der Waals surface area contributed by atoms with Gasteiger partial charge in [-0.1, -0.05) is 18.2 Å². The first kappa shape index (κ1) is 10.6. The smallest absolute Gasteiger partial charge is 0.0405 e. The summed E-state index contributed by atoms with van der Waals surface area (Å²) in [5.41, 5.74) is 11.1. The molecule has 2 nitrogen and oxygen atoms in total. The second kappa shape index (κ2) is 4.27. The molecule has 0 radical (unpaired) electrons. The monoisotopic (exact) mass is 212 g/mol. The van der Waals surface area contributed by atoms with Gasteiger partial charge in [0.05, 0.1) is 0 Å². The summed E-state index contributed by atoms with van der Waals surface area (Å²) in [6.07, 6.45) is 0. The van der Waals surface area contributed by atoms with Gasteiger partial charge in [-0.05, 0) is 49.2 Å². The SMILES string of the molecule is Cc1cccc(Nc2ccc(C)c(N)c2)c1. The maximum atomic E-state index is 5.86. The van der Waals surface area contributed by atoms with E-state index >= 15 is 0 Å². The third-order valence-electron chi connectivity index (χ3n) is 2.59. The van der Waals surface area contributed by atoms with Crippen LogP contribution in [0.1, 0.15) is 11.1 Å². The molecule has 0 spiro atoms. The molecule has 0 aliphatic heterocycles. The molecule has 0 aromatic heterocycles. The zero-order chi connectivity index (χ0) is 11.5. The largest absolute Gasteiger partial charge is 0.398 e. The number of rotatable bonds is 2. The Morgan fingerprint density at radius 3 is 2.38 bits per heavy atom. The second-order valence-corrected chi connectivity index (χ2v) is 4.07. The lowest BCUT2D eigenvalue weighted by Gasteiger charge is -2.09. The predicted octanol–water partition coefficient (Wildman–Crippen LogP) is 3.63. The van der Waals surface area contributed by atoms with Crippen LogP contribution in [-0.2, 0) is 0 Å². The van der Waals surface area contributed by atoms with Crippen LogP contribution in [0.25, 0.3) is 0 Å². The molecular weight excluding hydrogens is 196 g/mol. The van der Waals surface area contributed by atoms with Crippen molar-refractivity contribution in [3.05, 3.63) is 53.6 Å². The zero-order valence-corrected chi connectivity index (χ0v) is 9.62. The average Bonchev–Trinajstić information content (AvgIpc) is 2.24. The number of nitrogens with one attached hydrogen (secondary N) is 1. The molecule has 0 heterocycles. The van der Waals surface area contributed by atoms with E-state index in [1.165, 1.54) is 5.56 Å². The van der Waals surface area contributed by atoms with Crippen LogP contribution in [0.4, 0.5) is 17.1 Å². The van der Waals surface area contributed by atoms with Crippen molar-refractivity contribution in [3.8, 4) is 0 Å². The number of nitrogens with two attached hydrogens (primary N) is 1. The lowest BCUT2D eigenvalue weighted by molar-refractivity contribution is 1.43. The molecule has 0 atom stereocenters. The van der Waals surface area contributed by atoms with Crippen molar-refractivity contribution < 1.29 is 0 Å². The van der Waals surface area contributed by atoms with Gasteiger partial charge in [-0.2, -0.15) is 0 Å². The van der Waals surface area contributed by atoms with Gasteiger partial charge in [0, 0.05) is 17.1 Å². The summed E-state index contributed by atoms with van der Waals surface area (Å²) in [6, 6.07) is 14.3. The molecule has 2 heteroatoms. The number of hydrogen-bond donors (Lipinski definition) is 2. The van der Waals surface area contributed by atoms with Crippen LogP contribution in [0, 0.1) is 13.8 Å². The molecular formula is C14H16N2. The van der Waals surface area contributed by atoms with E-state index in [0.29, 0.717) is 0 Å². The van der Waals surface area contributed by atoms with Crippen LogP contribution in [0.3, 0.4) is 0 Å². The first-order valence-electron chi connectivity index (χ1n) is 5.35. The van der Waals surface area contributed by atoms with Crippen LogP contribution >= 0.6 is 0 Å². The van der Waals surface area contributed by atoms with Crippen LogP contribution < -0.4 is 11.1 Å². The highest BCUT2D eigenvalue weighted by atomic mass is 14.9. The highest BCUT2D eigenvalue weighted by molar-refractivity contribution is 5.65. The first-order valence-corrected chi connectivity index (χ1v) is 5.35. The van der Waals surface area contributed by atoms with Crippen LogP contribution in [0.2, 0.25) is 0 Å². The molecule has 0 saturated heterocycles. The van der Waals surface area contributed by atoms with Crippen molar-refractivity contribution in [2.24, 2.45) is 0 Å². The Hall–Kier alpha value is -1.96. The molecule has 82 valence electrons. The molecule has 0 aliphatic rings. The third-order valence-corrected chi connectivity index (χ3v) is 2.59. The molecule has 0 saturated carbocycles. The maximum Gasteiger partial charge on any atom is 0.0405 e. The standard InChI is InChI=1S/C14H16N2/c1-10-4-3-5-12(8-10)16-13-7-6-11(2)14(15)9-13/h3-9,16H,15H2,1-2H3. The molecule has 0 unspecified atom stereocenters. The van der Waals surface area contributed by atoms with E-state index in [9.17, 15) is 0 Å². The van der Waals surface area contributed by atoms with Crippen molar-refractivity contribution in [2.75, 3.05) is 11.1 Å². The third kappa shape index (κ3) is 2.34. The maximum absolute atomic E-state index is 5.86. The summed E-state index contributed by atoms with van der Waals surface area (Å²) in [6.45, 7) is 4.08. The molecule has 2 aromatic rings. The Kier molecular flexibility index (Phi) is 2.82. The quantitative estimate of drug-likeness (QED) is 0.746. The van der Waals surface area contributed by atoms with Crippen molar-refractivity contribution in [1.82, 2.24) is 0 Å². The normalized spacial score (nSPS) is 10.1. The predicted molar refractivity (Wildman–Crippen MR) is 70.1 cm³/mol. The van der Waals surface area contributed by atoms with E-state index in [-0.39, 0.29) is 0 Å². The average molecular weight is 212 g/mol. The van der Waals surface area contributed by atoms with Crippen molar-refractivity contribution >= 4 is 17.1 Å². The fourth-order valence-electron chi connectivity index (χ4n) is 1.61. The van der Waals surface area contributed by atoms with Gasteiger partial charge in [0.2, 0.25) is 0 Å². The fraction of sp³-hybridized carbons (Fsp3) is 0.143. The van der Waals surface area contributed by atoms with E-state index in [2.05, 4.69) is 24.4 Å². The first-order chi connectivity index (χ1) is 7.65. The van der Waals surface area contributed by atoms with Crippen LogP contribution in [0.15, 0.2) is 42.5 Å². The summed E-state index contributed by atoms with van der Waals surface area (Å²) in [4.78, 5) is 0. The Morgan fingerprint density at radius 1 is 0.938 bits per heavy atom. The molecule has 0 fully saturated rings. The minimum Gasteiger partial charge on any atom is -0.398 e. The van der Waals surface area contributed by atoms with E-state index < -0.39 is 0 Å². The molecule has 3 N–H and O–H groups in total. The molecule has 0 amide bonds. The van der Waals surface area contributed by atoms with Crippen molar-refractivity contribution in [2.45, 2.75) is 13.8 Å². The number of aryl methyl sites for hydroxylation is 2. The van der Waals surface area contributed by atoms with E-state index in [1.807, 2.05) is 37.3 Å². The summed E-state index contributed by atoms with van der Waals surface area (Å²) < 4.78 is 0. The number of hydrogen-bond acceptors (Lipinski definition) is 2. The summed E-state index contributed by atoms with van der Waals surface area (Å²) in [5.74, 6) is 0. The van der Waals surface area contributed by atoms with E-state index in [4.69, 9.17) is 5.73 Å².